The predicted molar refractivity (Wildman–Crippen MR) is 75.3 cm³/mol. The van der Waals surface area contributed by atoms with E-state index in [-0.39, 0.29) is 5.91 Å². The molecule has 100 valence electrons. The van der Waals surface area contributed by atoms with E-state index >= 15 is 0 Å². The third-order valence-electron chi connectivity index (χ3n) is 3.28. The number of halogens is 1. The normalized spacial score (nSPS) is 10.5. The molecule has 4 nitrogen and oxygen atoms in total. The van der Waals surface area contributed by atoms with Crippen molar-refractivity contribution in [1.82, 2.24) is 14.9 Å². The zero-order valence-corrected chi connectivity index (χ0v) is 12.0. The van der Waals surface area contributed by atoms with Crippen LogP contribution in [0.1, 0.15) is 27.3 Å². The summed E-state index contributed by atoms with van der Waals surface area (Å²) in [5, 5.41) is 3.41. The molecule has 0 bridgehead atoms. The van der Waals surface area contributed by atoms with E-state index in [0.717, 1.165) is 17.0 Å². The highest BCUT2D eigenvalue weighted by Gasteiger charge is 2.11. The molecule has 1 amide bonds. The second kappa shape index (κ2) is 5.45. The summed E-state index contributed by atoms with van der Waals surface area (Å²) in [7, 11) is 1.81. The molecule has 1 aromatic carbocycles. The third kappa shape index (κ3) is 2.79. The van der Waals surface area contributed by atoms with Crippen LogP contribution in [0.15, 0.2) is 24.4 Å². The Morgan fingerprint density at radius 3 is 2.79 bits per heavy atom. The van der Waals surface area contributed by atoms with Gasteiger partial charge < -0.3 is 9.88 Å². The number of amides is 1. The minimum absolute atomic E-state index is 0.0969. The largest absolute Gasteiger partial charge is 0.345 e. The molecule has 5 heteroatoms. The first-order chi connectivity index (χ1) is 9.00. The maximum atomic E-state index is 12.1. The van der Waals surface area contributed by atoms with Crippen LogP contribution in [0.2, 0.25) is 5.15 Å². The monoisotopic (exact) mass is 277 g/mol. The molecule has 0 unspecified atom stereocenters. The highest BCUT2D eigenvalue weighted by molar-refractivity contribution is 6.29. The van der Waals surface area contributed by atoms with Gasteiger partial charge in [0.25, 0.3) is 5.91 Å². The Balaban J connectivity index is 2.10. The number of rotatable bonds is 3. The Kier molecular flexibility index (Phi) is 3.90. The maximum absolute atomic E-state index is 12.1. The minimum atomic E-state index is -0.0969. The number of hydrogen-bond acceptors (Lipinski definition) is 2. The fourth-order valence-electron chi connectivity index (χ4n) is 1.84. The zero-order chi connectivity index (χ0) is 14.0. The van der Waals surface area contributed by atoms with E-state index in [1.54, 1.807) is 10.8 Å². The number of nitrogens with zero attached hydrogens (tertiary/aromatic N) is 2. The molecule has 0 saturated heterocycles. The third-order valence-corrected chi connectivity index (χ3v) is 3.64. The summed E-state index contributed by atoms with van der Waals surface area (Å²) in [6, 6.07) is 5.70. The van der Waals surface area contributed by atoms with Crippen molar-refractivity contribution in [2.75, 3.05) is 0 Å². The molecule has 1 aromatic heterocycles. The van der Waals surface area contributed by atoms with Crippen molar-refractivity contribution in [3.63, 3.8) is 0 Å². The first-order valence-corrected chi connectivity index (χ1v) is 6.39. The molecular formula is C14H16ClN3O. The predicted octanol–water partition coefficient (Wildman–Crippen LogP) is 2.62. The van der Waals surface area contributed by atoms with E-state index in [1.165, 1.54) is 0 Å². The van der Waals surface area contributed by atoms with Crippen molar-refractivity contribution in [1.29, 1.82) is 0 Å². The number of aryl methyl sites for hydroxylation is 1. The van der Waals surface area contributed by atoms with E-state index in [1.807, 2.05) is 39.1 Å². The van der Waals surface area contributed by atoms with Crippen LogP contribution >= 0.6 is 11.6 Å². The Morgan fingerprint density at radius 1 is 1.42 bits per heavy atom. The summed E-state index contributed by atoms with van der Waals surface area (Å²) in [6.45, 7) is 4.29. The number of carbonyl (C=O) groups excluding carboxylic acids is 1. The molecule has 0 aliphatic heterocycles. The van der Waals surface area contributed by atoms with E-state index in [0.29, 0.717) is 17.3 Å². The molecule has 2 rings (SSSR count). The summed E-state index contributed by atoms with van der Waals surface area (Å²) in [4.78, 5) is 16.3. The number of nitrogens with one attached hydrogen (secondary N) is 1. The van der Waals surface area contributed by atoms with Crippen molar-refractivity contribution >= 4 is 17.5 Å². The minimum Gasteiger partial charge on any atom is -0.345 e. The van der Waals surface area contributed by atoms with E-state index in [4.69, 9.17) is 11.6 Å². The second-order valence-corrected chi connectivity index (χ2v) is 4.87. The van der Waals surface area contributed by atoms with Crippen LogP contribution in [-0.4, -0.2) is 15.5 Å². The van der Waals surface area contributed by atoms with Crippen molar-refractivity contribution < 1.29 is 4.79 Å². The Hall–Kier alpha value is -1.81. The van der Waals surface area contributed by atoms with E-state index < -0.39 is 0 Å². The van der Waals surface area contributed by atoms with Crippen LogP contribution in [-0.2, 0) is 13.6 Å². The quantitative estimate of drug-likeness (QED) is 0.937. The summed E-state index contributed by atoms with van der Waals surface area (Å²) in [5.41, 5.74) is 2.80. The molecule has 1 heterocycles. The molecule has 19 heavy (non-hydrogen) atoms. The van der Waals surface area contributed by atoms with Crippen molar-refractivity contribution in [2.45, 2.75) is 20.4 Å². The van der Waals surface area contributed by atoms with Gasteiger partial charge in [0.15, 0.2) is 0 Å². The molecule has 1 N–H and O–H groups in total. The summed E-state index contributed by atoms with van der Waals surface area (Å²) < 4.78 is 1.74. The van der Waals surface area contributed by atoms with E-state index in [2.05, 4.69) is 10.3 Å². The van der Waals surface area contributed by atoms with Crippen molar-refractivity contribution in [3.05, 3.63) is 52.1 Å². The van der Waals surface area contributed by atoms with Crippen LogP contribution in [0.5, 0.6) is 0 Å². The van der Waals surface area contributed by atoms with Crippen LogP contribution in [0.3, 0.4) is 0 Å². The van der Waals surface area contributed by atoms with Gasteiger partial charge in [-0.05, 0) is 31.0 Å². The second-order valence-electron chi connectivity index (χ2n) is 4.49. The van der Waals surface area contributed by atoms with Gasteiger partial charge in [0.05, 0.1) is 12.7 Å². The Bertz CT molecular complexity index is 619. The highest BCUT2D eigenvalue weighted by Crippen LogP contribution is 2.13. The maximum Gasteiger partial charge on any atom is 0.251 e. The lowest BCUT2D eigenvalue weighted by Gasteiger charge is -2.09. The number of aromatic nitrogens is 2. The number of hydrogen-bond donors (Lipinski definition) is 1. The van der Waals surface area contributed by atoms with Gasteiger partial charge in [-0.2, -0.15) is 0 Å². The van der Waals surface area contributed by atoms with Gasteiger partial charge in [-0.3, -0.25) is 4.79 Å². The van der Waals surface area contributed by atoms with Gasteiger partial charge in [-0.25, -0.2) is 4.98 Å². The van der Waals surface area contributed by atoms with Crippen molar-refractivity contribution in [2.24, 2.45) is 7.05 Å². The standard InChI is InChI=1S/C14H16ClN3O/c1-9-5-4-6-11(10(9)2)14(19)17-8-13-16-7-12(15)18(13)3/h4-7H,8H2,1-3H3,(H,17,19). The Labute approximate surface area is 117 Å². The number of imidazole rings is 1. The molecule has 0 aliphatic rings. The van der Waals surface area contributed by atoms with Crippen LogP contribution in [0.4, 0.5) is 0 Å². The highest BCUT2D eigenvalue weighted by atomic mass is 35.5. The first kappa shape index (κ1) is 13.6. The molecule has 0 radical (unpaired) electrons. The lowest BCUT2D eigenvalue weighted by atomic mass is 10.0. The molecule has 0 spiro atoms. The molecule has 0 fully saturated rings. The lowest BCUT2D eigenvalue weighted by molar-refractivity contribution is 0.0949. The first-order valence-electron chi connectivity index (χ1n) is 6.01. The summed E-state index contributed by atoms with van der Waals surface area (Å²) in [5.74, 6) is 0.629. The summed E-state index contributed by atoms with van der Waals surface area (Å²) in [6.07, 6.45) is 1.57. The van der Waals surface area contributed by atoms with Crippen LogP contribution in [0, 0.1) is 13.8 Å². The van der Waals surface area contributed by atoms with Gasteiger partial charge in [0.1, 0.15) is 11.0 Å². The zero-order valence-electron chi connectivity index (χ0n) is 11.2. The van der Waals surface area contributed by atoms with Gasteiger partial charge >= 0.3 is 0 Å². The van der Waals surface area contributed by atoms with Gasteiger partial charge in [0, 0.05) is 12.6 Å². The Morgan fingerprint density at radius 2 is 2.16 bits per heavy atom. The number of benzene rings is 1. The van der Waals surface area contributed by atoms with Gasteiger partial charge in [0.2, 0.25) is 0 Å². The summed E-state index contributed by atoms with van der Waals surface area (Å²) >= 11 is 5.90. The average Bonchev–Trinajstić information content (AvgIpc) is 2.70. The molecule has 2 aromatic rings. The van der Waals surface area contributed by atoms with Gasteiger partial charge in [-0.1, -0.05) is 23.7 Å². The fourth-order valence-corrected chi connectivity index (χ4v) is 1.99. The van der Waals surface area contributed by atoms with Crippen LogP contribution < -0.4 is 5.32 Å². The molecule has 0 saturated carbocycles. The van der Waals surface area contributed by atoms with Gasteiger partial charge in [-0.15, -0.1) is 0 Å². The van der Waals surface area contributed by atoms with E-state index in [9.17, 15) is 4.79 Å². The average molecular weight is 278 g/mol. The van der Waals surface area contributed by atoms with Crippen LogP contribution in [0.25, 0.3) is 0 Å². The number of carbonyl (C=O) groups is 1. The SMILES string of the molecule is Cc1cccc(C(=O)NCc2ncc(Cl)n2C)c1C. The smallest absolute Gasteiger partial charge is 0.251 e. The molecular weight excluding hydrogens is 262 g/mol. The molecule has 0 atom stereocenters. The lowest BCUT2D eigenvalue weighted by Crippen LogP contribution is -2.25. The topological polar surface area (TPSA) is 46.9 Å². The molecule has 0 aliphatic carbocycles. The van der Waals surface area contributed by atoms with Crippen molar-refractivity contribution in [3.8, 4) is 0 Å². The fraction of sp³-hybridized carbons (Fsp3) is 0.286.